The first kappa shape index (κ1) is 13.7. The van der Waals surface area contributed by atoms with Gasteiger partial charge in [-0.15, -0.1) is 0 Å². The second-order valence-electron chi connectivity index (χ2n) is 4.66. The van der Waals surface area contributed by atoms with Crippen molar-refractivity contribution in [1.29, 1.82) is 0 Å². The Bertz CT molecular complexity index is 542. The van der Waals surface area contributed by atoms with Crippen LogP contribution in [0.3, 0.4) is 0 Å². The van der Waals surface area contributed by atoms with Crippen molar-refractivity contribution >= 4 is 0 Å². The summed E-state index contributed by atoms with van der Waals surface area (Å²) < 4.78 is 13.5. The van der Waals surface area contributed by atoms with E-state index in [4.69, 9.17) is 0 Å². The Balaban J connectivity index is 1.88. The lowest BCUT2D eigenvalue weighted by atomic mass is 10.1. The summed E-state index contributed by atoms with van der Waals surface area (Å²) in [7, 11) is 0. The molecule has 2 aromatic rings. The van der Waals surface area contributed by atoms with Crippen LogP contribution in [-0.2, 0) is 6.54 Å². The highest BCUT2D eigenvalue weighted by molar-refractivity contribution is 5.22. The lowest BCUT2D eigenvalue weighted by molar-refractivity contribution is 0.169. The van der Waals surface area contributed by atoms with E-state index in [2.05, 4.69) is 11.4 Å². The van der Waals surface area contributed by atoms with Crippen molar-refractivity contribution in [2.45, 2.75) is 19.6 Å². The third kappa shape index (κ3) is 3.88. The Morgan fingerprint density at radius 1 is 1.16 bits per heavy atom. The average Bonchev–Trinajstić information content (AvgIpc) is 2.39. The molecule has 2 aromatic carbocycles. The fraction of sp³-hybridized carbons (Fsp3) is 0.250. The van der Waals surface area contributed by atoms with Crippen molar-refractivity contribution in [3.63, 3.8) is 0 Å². The van der Waals surface area contributed by atoms with Gasteiger partial charge in [-0.25, -0.2) is 4.39 Å². The van der Waals surface area contributed by atoms with E-state index < -0.39 is 6.10 Å². The minimum absolute atomic E-state index is 0.328. The van der Waals surface area contributed by atoms with Gasteiger partial charge in [-0.3, -0.25) is 0 Å². The average molecular weight is 259 g/mol. The molecule has 0 amide bonds. The minimum Gasteiger partial charge on any atom is -0.387 e. The van der Waals surface area contributed by atoms with Gasteiger partial charge in [-0.05, 0) is 18.6 Å². The lowest BCUT2D eigenvalue weighted by Crippen LogP contribution is -2.21. The number of rotatable bonds is 5. The smallest absolute Gasteiger partial charge is 0.129 e. The molecule has 2 rings (SSSR count). The van der Waals surface area contributed by atoms with Crippen LogP contribution >= 0.6 is 0 Å². The van der Waals surface area contributed by atoms with Gasteiger partial charge in [0.05, 0.1) is 6.10 Å². The number of aryl methyl sites for hydroxylation is 1. The van der Waals surface area contributed by atoms with Crippen LogP contribution in [0.2, 0.25) is 0 Å². The molecule has 0 aliphatic carbocycles. The van der Waals surface area contributed by atoms with Crippen LogP contribution in [0.4, 0.5) is 4.39 Å². The second kappa shape index (κ2) is 6.45. The first-order chi connectivity index (χ1) is 9.16. The number of aliphatic hydroxyl groups excluding tert-OH is 1. The topological polar surface area (TPSA) is 32.3 Å². The Morgan fingerprint density at radius 3 is 2.68 bits per heavy atom. The molecule has 0 saturated carbocycles. The fourth-order valence-corrected chi connectivity index (χ4v) is 2.03. The van der Waals surface area contributed by atoms with E-state index in [1.165, 1.54) is 11.6 Å². The van der Waals surface area contributed by atoms with Crippen LogP contribution < -0.4 is 5.32 Å². The van der Waals surface area contributed by atoms with Crippen LogP contribution in [0.5, 0.6) is 0 Å². The molecule has 0 saturated heterocycles. The molecule has 3 heteroatoms. The molecule has 0 fully saturated rings. The van der Waals surface area contributed by atoms with E-state index in [9.17, 15) is 9.50 Å². The number of hydrogen-bond donors (Lipinski definition) is 2. The predicted molar refractivity (Wildman–Crippen MR) is 74.2 cm³/mol. The molecule has 0 heterocycles. The predicted octanol–water partition coefficient (Wildman–Crippen LogP) is 2.96. The van der Waals surface area contributed by atoms with Gasteiger partial charge in [0.15, 0.2) is 0 Å². The molecule has 0 spiro atoms. The highest BCUT2D eigenvalue weighted by Crippen LogP contribution is 2.15. The number of hydrogen-bond acceptors (Lipinski definition) is 2. The van der Waals surface area contributed by atoms with Crippen LogP contribution in [-0.4, -0.2) is 11.7 Å². The summed E-state index contributed by atoms with van der Waals surface area (Å²) in [5.41, 5.74) is 2.69. The number of nitrogens with one attached hydrogen (secondary N) is 1. The van der Waals surface area contributed by atoms with Crippen molar-refractivity contribution in [2.75, 3.05) is 6.54 Å². The molecule has 0 aliphatic heterocycles. The number of aliphatic hydroxyl groups is 1. The molecule has 19 heavy (non-hydrogen) atoms. The van der Waals surface area contributed by atoms with Crippen LogP contribution in [0.25, 0.3) is 0 Å². The molecule has 0 bridgehead atoms. The van der Waals surface area contributed by atoms with Gasteiger partial charge in [0.1, 0.15) is 5.82 Å². The maximum Gasteiger partial charge on any atom is 0.129 e. The largest absolute Gasteiger partial charge is 0.387 e. The van der Waals surface area contributed by atoms with Gasteiger partial charge in [0, 0.05) is 18.7 Å². The Kier molecular flexibility index (Phi) is 4.66. The molecule has 2 N–H and O–H groups in total. The summed E-state index contributed by atoms with van der Waals surface area (Å²) in [6.45, 7) is 3.03. The molecular formula is C16H18FNO. The Labute approximate surface area is 112 Å². The fourth-order valence-electron chi connectivity index (χ4n) is 2.03. The Morgan fingerprint density at radius 2 is 1.95 bits per heavy atom. The SMILES string of the molecule is Cc1cccc(CNCC(O)c2ccccc2F)c1. The van der Waals surface area contributed by atoms with Crippen LogP contribution in [0.1, 0.15) is 22.8 Å². The minimum atomic E-state index is -0.828. The zero-order valence-electron chi connectivity index (χ0n) is 10.9. The molecule has 100 valence electrons. The Hall–Kier alpha value is -1.71. The van der Waals surface area contributed by atoms with E-state index in [1.54, 1.807) is 18.2 Å². The van der Waals surface area contributed by atoms with E-state index in [0.717, 1.165) is 5.56 Å². The maximum absolute atomic E-state index is 13.5. The summed E-state index contributed by atoms with van der Waals surface area (Å²) in [5, 5.41) is 13.1. The van der Waals surface area contributed by atoms with E-state index in [0.29, 0.717) is 18.7 Å². The van der Waals surface area contributed by atoms with Crippen LogP contribution in [0, 0.1) is 12.7 Å². The standard InChI is InChI=1S/C16H18FNO/c1-12-5-4-6-13(9-12)10-18-11-16(19)14-7-2-3-8-15(14)17/h2-9,16,18-19H,10-11H2,1H3. The highest BCUT2D eigenvalue weighted by atomic mass is 19.1. The monoisotopic (exact) mass is 259 g/mol. The summed E-state index contributed by atoms with van der Waals surface area (Å²) in [4.78, 5) is 0. The summed E-state index contributed by atoms with van der Waals surface area (Å²) in [6, 6.07) is 14.5. The highest BCUT2D eigenvalue weighted by Gasteiger charge is 2.11. The lowest BCUT2D eigenvalue weighted by Gasteiger charge is -2.13. The van der Waals surface area contributed by atoms with Gasteiger partial charge in [0.25, 0.3) is 0 Å². The third-order valence-corrected chi connectivity index (χ3v) is 3.01. The normalized spacial score (nSPS) is 12.4. The maximum atomic E-state index is 13.5. The first-order valence-electron chi connectivity index (χ1n) is 6.35. The van der Waals surface area contributed by atoms with Crippen molar-refractivity contribution in [1.82, 2.24) is 5.32 Å². The number of benzene rings is 2. The van der Waals surface area contributed by atoms with E-state index >= 15 is 0 Å². The number of halogens is 1. The van der Waals surface area contributed by atoms with Crippen molar-refractivity contribution in [3.05, 3.63) is 71.0 Å². The molecular weight excluding hydrogens is 241 g/mol. The summed E-state index contributed by atoms with van der Waals surface area (Å²) in [5.74, 6) is -0.368. The molecule has 0 radical (unpaired) electrons. The van der Waals surface area contributed by atoms with Gasteiger partial charge in [-0.1, -0.05) is 48.0 Å². The van der Waals surface area contributed by atoms with Gasteiger partial charge in [-0.2, -0.15) is 0 Å². The zero-order valence-corrected chi connectivity index (χ0v) is 10.9. The second-order valence-corrected chi connectivity index (χ2v) is 4.66. The van der Waals surface area contributed by atoms with E-state index in [1.807, 2.05) is 25.1 Å². The van der Waals surface area contributed by atoms with Crippen molar-refractivity contribution < 1.29 is 9.50 Å². The molecule has 0 aromatic heterocycles. The molecule has 0 aliphatic rings. The van der Waals surface area contributed by atoms with Gasteiger partial charge in [0.2, 0.25) is 0 Å². The zero-order chi connectivity index (χ0) is 13.7. The van der Waals surface area contributed by atoms with E-state index in [-0.39, 0.29) is 5.82 Å². The molecule has 1 unspecified atom stereocenters. The van der Waals surface area contributed by atoms with Gasteiger partial charge >= 0.3 is 0 Å². The van der Waals surface area contributed by atoms with Crippen molar-refractivity contribution in [2.24, 2.45) is 0 Å². The first-order valence-corrected chi connectivity index (χ1v) is 6.35. The third-order valence-electron chi connectivity index (χ3n) is 3.01. The molecule has 1 atom stereocenters. The molecule has 2 nitrogen and oxygen atoms in total. The summed E-state index contributed by atoms with van der Waals surface area (Å²) in [6.07, 6.45) is -0.828. The summed E-state index contributed by atoms with van der Waals surface area (Å²) >= 11 is 0. The van der Waals surface area contributed by atoms with Crippen LogP contribution in [0.15, 0.2) is 48.5 Å². The quantitative estimate of drug-likeness (QED) is 0.865. The van der Waals surface area contributed by atoms with Gasteiger partial charge < -0.3 is 10.4 Å². The van der Waals surface area contributed by atoms with Crippen molar-refractivity contribution in [3.8, 4) is 0 Å².